The van der Waals surface area contributed by atoms with E-state index in [-0.39, 0.29) is 18.4 Å². The average Bonchev–Trinajstić information content (AvgIpc) is 2.04. The van der Waals surface area contributed by atoms with Crippen LogP contribution in [-0.2, 0) is 10.0 Å². The summed E-state index contributed by atoms with van der Waals surface area (Å²) in [5.74, 6) is 1.86. The summed E-state index contributed by atoms with van der Waals surface area (Å²) in [4.78, 5) is 0. The van der Waals surface area contributed by atoms with Crippen LogP contribution in [0.1, 0.15) is 12.8 Å². The third kappa shape index (κ3) is 4.30. The fourth-order valence-electron chi connectivity index (χ4n) is 1.25. The maximum atomic E-state index is 11.2. The minimum atomic E-state index is -3.24. The van der Waals surface area contributed by atoms with Crippen LogP contribution in [0.5, 0.6) is 0 Å². The molecule has 4 nitrogen and oxygen atoms in total. The number of hydrogen-bond donors (Lipinski definition) is 2. The highest BCUT2D eigenvalue weighted by atomic mass is 32.2. The van der Waals surface area contributed by atoms with E-state index in [2.05, 4.69) is 4.72 Å². The summed E-state index contributed by atoms with van der Waals surface area (Å²) < 4.78 is 25.0. The first-order valence-electron chi connectivity index (χ1n) is 4.32. The second-order valence-electron chi connectivity index (χ2n) is 3.05. The largest absolute Gasteiger partial charge is 0.395 e. The second-order valence-corrected chi connectivity index (χ2v) is 6.15. The van der Waals surface area contributed by atoms with Crippen molar-refractivity contribution < 1.29 is 13.5 Å². The van der Waals surface area contributed by atoms with E-state index in [1.165, 1.54) is 0 Å². The molecule has 78 valence electrons. The molecular weight excluding hydrogens is 210 g/mol. The van der Waals surface area contributed by atoms with Gasteiger partial charge in [-0.1, -0.05) is 0 Å². The van der Waals surface area contributed by atoms with E-state index in [0.29, 0.717) is 0 Å². The topological polar surface area (TPSA) is 66.4 Å². The molecule has 0 aromatic heterocycles. The molecule has 0 saturated carbocycles. The van der Waals surface area contributed by atoms with E-state index in [1.54, 1.807) is 0 Å². The summed E-state index contributed by atoms with van der Waals surface area (Å²) >= 11 is 1.85. The maximum Gasteiger partial charge on any atom is 0.214 e. The molecule has 0 aromatic carbocycles. The van der Waals surface area contributed by atoms with Gasteiger partial charge in [-0.2, -0.15) is 11.8 Å². The fraction of sp³-hybridized carbons (Fsp3) is 1.00. The van der Waals surface area contributed by atoms with E-state index in [1.807, 2.05) is 11.8 Å². The summed E-state index contributed by atoms with van der Waals surface area (Å²) in [6, 6.07) is 0.0813. The summed E-state index contributed by atoms with van der Waals surface area (Å²) in [6.45, 7) is -0.309. The van der Waals surface area contributed by atoms with Crippen LogP contribution in [0.2, 0.25) is 0 Å². The van der Waals surface area contributed by atoms with Crippen LogP contribution in [0.25, 0.3) is 0 Å². The fourth-order valence-corrected chi connectivity index (χ4v) is 3.46. The average molecular weight is 225 g/mol. The Morgan fingerprint density at radius 3 is 2.54 bits per heavy atom. The number of aliphatic hydroxyl groups is 1. The van der Waals surface area contributed by atoms with Crippen LogP contribution in [-0.4, -0.2) is 43.4 Å². The van der Waals surface area contributed by atoms with Gasteiger partial charge in [0, 0.05) is 6.04 Å². The Morgan fingerprint density at radius 2 is 2.00 bits per heavy atom. The Hall–Kier alpha value is 0.220. The van der Waals surface area contributed by atoms with E-state index in [4.69, 9.17) is 5.11 Å². The predicted octanol–water partition coefficient (Wildman–Crippen LogP) is -0.206. The van der Waals surface area contributed by atoms with Gasteiger partial charge in [0.1, 0.15) is 0 Å². The SMILES string of the molecule is O=S(=O)(CCO)NC1CCSCC1. The van der Waals surface area contributed by atoms with Gasteiger partial charge >= 0.3 is 0 Å². The molecule has 1 aliphatic rings. The Labute approximate surface area is 83.2 Å². The molecule has 0 atom stereocenters. The number of rotatable bonds is 4. The van der Waals surface area contributed by atoms with Crippen molar-refractivity contribution in [3.8, 4) is 0 Å². The molecule has 0 aliphatic carbocycles. The first-order chi connectivity index (χ1) is 6.14. The summed E-state index contributed by atoms with van der Waals surface area (Å²) in [5, 5.41) is 8.51. The predicted molar refractivity (Wildman–Crippen MR) is 54.4 cm³/mol. The van der Waals surface area contributed by atoms with Crippen molar-refractivity contribution in [2.75, 3.05) is 23.9 Å². The van der Waals surface area contributed by atoms with Crippen molar-refractivity contribution in [3.63, 3.8) is 0 Å². The highest BCUT2D eigenvalue weighted by Crippen LogP contribution is 2.17. The van der Waals surface area contributed by atoms with Gasteiger partial charge in [0.2, 0.25) is 10.0 Å². The zero-order valence-electron chi connectivity index (χ0n) is 7.40. The second kappa shape index (κ2) is 5.19. The summed E-state index contributed by atoms with van der Waals surface area (Å²) in [5.41, 5.74) is 0. The molecule has 1 fully saturated rings. The van der Waals surface area contributed by atoms with Crippen molar-refractivity contribution in [2.45, 2.75) is 18.9 Å². The van der Waals surface area contributed by atoms with Gasteiger partial charge in [0.05, 0.1) is 12.4 Å². The van der Waals surface area contributed by atoms with Gasteiger partial charge in [-0.05, 0) is 24.3 Å². The first-order valence-corrected chi connectivity index (χ1v) is 7.13. The number of thioether (sulfide) groups is 1. The smallest absolute Gasteiger partial charge is 0.214 e. The monoisotopic (exact) mass is 225 g/mol. The van der Waals surface area contributed by atoms with E-state index >= 15 is 0 Å². The normalized spacial score (nSPS) is 20.4. The van der Waals surface area contributed by atoms with Crippen LogP contribution >= 0.6 is 11.8 Å². The van der Waals surface area contributed by atoms with Crippen molar-refractivity contribution in [1.82, 2.24) is 4.72 Å². The molecule has 0 aromatic rings. The Balaban J connectivity index is 2.37. The lowest BCUT2D eigenvalue weighted by molar-refractivity contribution is 0.318. The molecule has 0 radical (unpaired) electrons. The molecule has 0 spiro atoms. The van der Waals surface area contributed by atoms with Crippen molar-refractivity contribution in [3.05, 3.63) is 0 Å². The molecule has 6 heteroatoms. The van der Waals surface area contributed by atoms with Gasteiger partial charge in [-0.15, -0.1) is 0 Å². The minimum Gasteiger partial charge on any atom is -0.395 e. The minimum absolute atomic E-state index is 0.0813. The lowest BCUT2D eigenvalue weighted by Gasteiger charge is -2.21. The molecule has 1 aliphatic heterocycles. The van der Waals surface area contributed by atoms with Crippen molar-refractivity contribution in [2.24, 2.45) is 0 Å². The molecule has 2 N–H and O–H groups in total. The van der Waals surface area contributed by atoms with E-state index in [0.717, 1.165) is 24.3 Å². The third-order valence-corrected chi connectivity index (χ3v) is 4.39. The van der Waals surface area contributed by atoms with Crippen LogP contribution in [0.15, 0.2) is 0 Å². The Kier molecular flexibility index (Phi) is 4.51. The van der Waals surface area contributed by atoms with E-state index in [9.17, 15) is 8.42 Å². The number of aliphatic hydroxyl groups excluding tert-OH is 1. The van der Waals surface area contributed by atoms with Gasteiger partial charge in [0.15, 0.2) is 0 Å². The third-order valence-electron chi connectivity index (χ3n) is 1.93. The lowest BCUT2D eigenvalue weighted by Crippen LogP contribution is -2.39. The molecule has 1 heterocycles. The molecule has 13 heavy (non-hydrogen) atoms. The lowest BCUT2D eigenvalue weighted by atomic mass is 10.2. The molecule has 1 rings (SSSR count). The van der Waals surface area contributed by atoms with Crippen LogP contribution in [0.3, 0.4) is 0 Å². The number of nitrogens with one attached hydrogen (secondary N) is 1. The molecular formula is C7H15NO3S2. The van der Waals surface area contributed by atoms with Crippen molar-refractivity contribution in [1.29, 1.82) is 0 Å². The standard InChI is InChI=1S/C7H15NO3S2/c9-3-6-13(10,11)8-7-1-4-12-5-2-7/h7-9H,1-6H2. The van der Waals surface area contributed by atoms with E-state index < -0.39 is 10.0 Å². The Bertz CT molecular complexity index is 234. The van der Waals surface area contributed by atoms with Crippen molar-refractivity contribution >= 4 is 21.8 Å². The molecule has 0 bridgehead atoms. The Morgan fingerprint density at radius 1 is 1.38 bits per heavy atom. The zero-order valence-corrected chi connectivity index (χ0v) is 9.03. The maximum absolute atomic E-state index is 11.2. The van der Waals surface area contributed by atoms with Gasteiger partial charge in [0.25, 0.3) is 0 Å². The zero-order chi connectivity index (χ0) is 9.73. The molecule has 0 amide bonds. The van der Waals surface area contributed by atoms with Gasteiger partial charge < -0.3 is 5.11 Å². The van der Waals surface area contributed by atoms with Crippen LogP contribution in [0, 0.1) is 0 Å². The highest BCUT2D eigenvalue weighted by Gasteiger charge is 2.19. The first kappa shape index (κ1) is 11.3. The molecule has 0 unspecified atom stereocenters. The molecule has 1 saturated heterocycles. The number of sulfonamides is 1. The van der Waals surface area contributed by atoms with Crippen LogP contribution in [0.4, 0.5) is 0 Å². The van der Waals surface area contributed by atoms with Crippen LogP contribution < -0.4 is 4.72 Å². The summed E-state index contributed by atoms with van der Waals surface area (Å²) in [7, 11) is -3.24. The van der Waals surface area contributed by atoms with Gasteiger partial charge in [-0.3, -0.25) is 0 Å². The highest BCUT2D eigenvalue weighted by molar-refractivity contribution is 7.99. The van der Waals surface area contributed by atoms with Gasteiger partial charge in [-0.25, -0.2) is 13.1 Å². The quantitative estimate of drug-likeness (QED) is 0.695. The summed E-state index contributed by atoms with van der Waals surface area (Å²) in [6.07, 6.45) is 1.80. The number of hydrogen-bond acceptors (Lipinski definition) is 4.